The summed E-state index contributed by atoms with van der Waals surface area (Å²) in [5, 5.41) is 24.7. The van der Waals surface area contributed by atoms with E-state index in [0.717, 1.165) is 6.07 Å². The first-order valence-electron chi connectivity index (χ1n) is 6.39. The molecule has 1 atom stereocenters. The van der Waals surface area contributed by atoms with Gasteiger partial charge in [-0.25, -0.2) is 0 Å². The molecule has 2 rings (SSSR count). The van der Waals surface area contributed by atoms with Gasteiger partial charge in [-0.15, -0.1) is 0 Å². The molecule has 1 unspecified atom stereocenters. The van der Waals surface area contributed by atoms with Gasteiger partial charge in [-0.2, -0.15) is 0 Å². The van der Waals surface area contributed by atoms with E-state index >= 15 is 0 Å². The van der Waals surface area contributed by atoms with Crippen LogP contribution in [-0.4, -0.2) is 42.3 Å². The molecule has 1 aromatic rings. The molecule has 1 saturated heterocycles. The molecule has 1 aromatic carbocycles. The van der Waals surface area contributed by atoms with Crippen LogP contribution in [0.15, 0.2) is 18.2 Å². The van der Waals surface area contributed by atoms with Crippen molar-refractivity contribution in [2.24, 2.45) is 0 Å². The van der Waals surface area contributed by atoms with Crippen molar-refractivity contribution < 1.29 is 19.3 Å². The lowest BCUT2D eigenvalue weighted by molar-refractivity contribution is -0.394. The van der Waals surface area contributed by atoms with Gasteiger partial charge in [0.15, 0.2) is 0 Å². The number of nitro benzene ring substituents is 2. The van der Waals surface area contributed by atoms with Crippen LogP contribution >= 0.6 is 0 Å². The van der Waals surface area contributed by atoms with Crippen molar-refractivity contribution in [1.29, 1.82) is 0 Å². The highest BCUT2D eigenvalue weighted by molar-refractivity contribution is 5.49. The molecule has 1 N–H and O–H groups in total. The zero-order valence-corrected chi connectivity index (χ0v) is 11.2. The van der Waals surface area contributed by atoms with Crippen molar-refractivity contribution >= 4 is 11.4 Å². The molecule has 0 amide bonds. The maximum absolute atomic E-state index is 11.0. The molecule has 1 aliphatic heterocycles. The smallest absolute Gasteiger partial charge is 0.280 e. The average molecular weight is 297 g/mol. The first kappa shape index (κ1) is 15.3. The number of rotatable bonds is 6. The van der Waals surface area contributed by atoms with Crippen LogP contribution in [0.4, 0.5) is 11.4 Å². The lowest BCUT2D eigenvalue weighted by atomic mass is 10.1. The first-order chi connectivity index (χ1) is 10.1. The fourth-order valence-electron chi connectivity index (χ4n) is 2.01. The standard InChI is InChI=1S/C12H15N3O6/c16-14(17)10-2-1-9(12(5-10)15(18)19)6-13-7-11-8-20-3-4-21-11/h1-2,5,11,13H,3-4,6-8H2. The van der Waals surface area contributed by atoms with Gasteiger partial charge in [0.2, 0.25) is 0 Å². The molecule has 1 heterocycles. The summed E-state index contributed by atoms with van der Waals surface area (Å²) in [4.78, 5) is 20.3. The van der Waals surface area contributed by atoms with Crippen molar-refractivity contribution in [3.8, 4) is 0 Å². The number of nitrogens with one attached hydrogen (secondary N) is 1. The van der Waals surface area contributed by atoms with Gasteiger partial charge in [0, 0.05) is 24.7 Å². The van der Waals surface area contributed by atoms with E-state index in [4.69, 9.17) is 9.47 Å². The third kappa shape index (κ3) is 4.18. The fraction of sp³-hybridized carbons (Fsp3) is 0.500. The van der Waals surface area contributed by atoms with E-state index in [1.54, 1.807) is 0 Å². The monoisotopic (exact) mass is 297 g/mol. The number of hydrogen-bond acceptors (Lipinski definition) is 7. The van der Waals surface area contributed by atoms with E-state index in [2.05, 4.69) is 5.32 Å². The second-order valence-corrected chi connectivity index (χ2v) is 4.53. The van der Waals surface area contributed by atoms with Crippen LogP contribution in [0.25, 0.3) is 0 Å². The summed E-state index contributed by atoms with van der Waals surface area (Å²) in [5.74, 6) is 0. The van der Waals surface area contributed by atoms with Crippen LogP contribution in [0, 0.1) is 20.2 Å². The van der Waals surface area contributed by atoms with Gasteiger partial charge in [-0.1, -0.05) is 0 Å². The van der Waals surface area contributed by atoms with E-state index < -0.39 is 9.85 Å². The third-order valence-electron chi connectivity index (χ3n) is 3.05. The molecule has 114 valence electrons. The van der Waals surface area contributed by atoms with E-state index in [1.807, 2.05) is 0 Å². The molecule has 1 aliphatic rings. The van der Waals surface area contributed by atoms with E-state index in [0.29, 0.717) is 31.9 Å². The van der Waals surface area contributed by atoms with Gasteiger partial charge in [-0.3, -0.25) is 20.2 Å². The minimum absolute atomic E-state index is 0.0872. The van der Waals surface area contributed by atoms with Crippen LogP contribution in [-0.2, 0) is 16.0 Å². The molecule has 0 spiro atoms. The minimum atomic E-state index is -0.655. The second-order valence-electron chi connectivity index (χ2n) is 4.53. The second kappa shape index (κ2) is 7.07. The van der Waals surface area contributed by atoms with Crippen LogP contribution in [0.3, 0.4) is 0 Å². The zero-order valence-electron chi connectivity index (χ0n) is 11.2. The largest absolute Gasteiger partial charge is 0.376 e. The third-order valence-corrected chi connectivity index (χ3v) is 3.05. The molecular formula is C12H15N3O6. The lowest BCUT2D eigenvalue weighted by Crippen LogP contribution is -2.37. The van der Waals surface area contributed by atoms with Gasteiger partial charge < -0.3 is 14.8 Å². The highest BCUT2D eigenvalue weighted by atomic mass is 16.6. The number of hydrogen-bond donors (Lipinski definition) is 1. The molecule has 0 aromatic heterocycles. The maximum atomic E-state index is 11.0. The molecule has 9 heteroatoms. The molecule has 0 aliphatic carbocycles. The summed E-state index contributed by atoms with van der Waals surface area (Å²) < 4.78 is 10.7. The fourth-order valence-corrected chi connectivity index (χ4v) is 2.01. The molecule has 0 bridgehead atoms. The molecule has 1 fully saturated rings. The Kier molecular flexibility index (Phi) is 5.14. The van der Waals surface area contributed by atoms with Crippen molar-refractivity contribution in [3.63, 3.8) is 0 Å². The predicted molar refractivity (Wildman–Crippen MR) is 72.0 cm³/mol. The SMILES string of the molecule is O=[N+]([O-])c1ccc(CNCC2COCCO2)c([N+](=O)[O-])c1. The summed E-state index contributed by atoms with van der Waals surface area (Å²) in [6, 6.07) is 3.61. The molecular weight excluding hydrogens is 282 g/mol. The van der Waals surface area contributed by atoms with Crippen LogP contribution in [0.5, 0.6) is 0 Å². The van der Waals surface area contributed by atoms with Gasteiger partial charge >= 0.3 is 0 Å². The van der Waals surface area contributed by atoms with Crippen molar-refractivity contribution in [2.75, 3.05) is 26.4 Å². The Morgan fingerprint density at radius 1 is 1.24 bits per heavy atom. The Morgan fingerprint density at radius 2 is 2.05 bits per heavy atom. The Bertz CT molecular complexity index is 530. The Labute approximate surface area is 120 Å². The highest BCUT2D eigenvalue weighted by Gasteiger charge is 2.20. The van der Waals surface area contributed by atoms with E-state index in [9.17, 15) is 20.2 Å². The number of nitro groups is 2. The average Bonchev–Trinajstić information content (AvgIpc) is 2.48. The van der Waals surface area contributed by atoms with Gasteiger partial charge in [-0.05, 0) is 6.07 Å². The summed E-state index contributed by atoms with van der Waals surface area (Å²) in [5.41, 5.74) is -0.172. The zero-order chi connectivity index (χ0) is 15.2. The minimum Gasteiger partial charge on any atom is -0.376 e. The predicted octanol–water partition coefficient (Wildman–Crippen LogP) is 1.01. The van der Waals surface area contributed by atoms with Gasteiger partial charge in [0.05, 0.1) is 41.8 Å². The maximum Gasteiger partial charge on any atom is 0.280 e. The normalized spacial score (nSPS) is 18.4. The molecule has 0 radical (unpaired) electrons. The van der Waals surface area contributed by atoms with E-state index in [-0.39, 0.29) is 24.0 Å². The summed E-state index contributed by atoms with van der Waals surface area (Å²) in [7, 11) is 0. The number of ether oxygens (including phenoxy) is 2. The quantitative estimate of drug-likeness (QED) is 0.615. The number of non-ortho nitro benzene ring substituents is 1. The summed E-state index contributed by atoms with van der Waals surface area (Å²) in [6.45, 7) is 2.31. The van der Waals surface area contributed by atoms with Gasteiger partial charge in [0.25, 0.3) is 11.4 Å². The Morgan fingerprint density at radius 3 is 2.67 bits per heavy atom. The first-order valence-corrected chi connectivity index (χ1v) is 6.39. The van der Waals surface area contributed by atoms with Gasteiger partial charge in [0.1, 0.15) is 0 Å². The molecule has 21 heavy (non-hydrogen) atoms. The van der Waals surface area contributed by atoms with E-state index in [1.165, 1.54) is 12.1 Å². The van der Waals surface area contributed by atoms with Crippen molar-refractivity contribution in [2.45, 2.75) is 12.6 Å². The summed E-state index contributed by atoms with van der Waals surface area (Å²) >= 11 is 0. The Hall–Kier alpha value is -2.10. The van der Waals surface area contributed by atoms with Crippen molar-refractivity contribution in [1.82, 2.24) is 5.32 Å². The van der Waals surface area contributed by atoms with Crippen LogP contribution < -0.4 is 5.32 Å². The highest BCUT2D eigenvalue weighted by Crippen LogP contribution is 2.24. The summed E-state index contributed by atoms with van der Waals surface area (Å²) in [6.07, 6.45) is -0.0872. The van der Waals surface area contributed by atoms with Crippen LogP contribution in [0.2, 0.25) is 0 Å². The Balaban J connectivity index is 1.98. The van der Waals surface area contributed by atoms with Crippen LogP contribution in [0.1, 0.15) is 5.56 Å². The topological polar surface area (TPSA) is 117 Å². The van der Waals surface area contributed by atoms with Crippen molar-refractivity contribution in [3.05, 3.63) is 44.0 Å². The number of nitrogens with zero attached hydrogens (tertiary/aromatic N) is 2. The number of benzene rings is 1. The molecule has 9 nitrogen and oxygen atoms in total. The molecule has 0 saturated carbocycles. The lowest BCUT2D eigenvalue weighted by Gasteiger charge is -2.23.